The Morgan fingerprint density at radius 3 is 2.60 bits per heavy atom. The molecule has 6 rings (SSSR count). The van der Waals surface area contributed by atoms with Crippen LogP contribution in [0, 0.1) is 22.7 Å². The molecular weight excluding hydrogens is 396 g/mol. The van der Waals surface area contributed by atoms with Gasteiger partial charge in [-0.1, -0.05) is 19.1 Å². The van der Waals surface area contributed by atoms with E-state index in [1.807, 2.05) is 6.92 Å². The van der Waals surface area contributed by atoms with Gasteiger partial charge in [-0.2, -0.15) is 0 Å². The first kappa shape index (κ1) is 19.2. The van der Waals surface area contributed by atoms with E-state index in [1.165, 1.54) is 14.2 Å². The fourth-order valence-corrected chi connectivity index (χ4v) is 8.43. The highest BCUT2D eigenvalue weighted by Crippen LogP contribution is 2.84. The number of hydrogen-bond acceptors (Lipinski definition) is 9. The van der Waals surface area contributed by atoms with Gasteiger partial charge in [0.05, 0.1) is 16.9 Å². The Balaban J connectivity index is 1.69. The molecule has 6 aliphatic rings. The topological polar surface area (TPSA) is 110 Å². The number of aliphatic hydroxyl groups excluding tert-OH is 1. The summed E-state index contributed by atoms with van der Waals surface area (Å²) < 4.78 is 35.9. The third-order valence-corrected chi connectivity index (χ3v) is 9.17. The maximum Gasteiger partial charge on any atom is 0.342 e. The van der Waals surface area contributed by atoms with Crippen molar-refractivity contribution in [2.24, 2.45) is 22.7 Å². The number of hydrogen-bond donors (Lipinski definition) is 1. The van der Waals surface area contributed by atoms with Crippen LogP contribution >= 0.6 is 0 Å². The predicted octanol–water partition coefficient (Wildman–Crippen LogP) is 0.290. The van der Waals surface area contributed by atoms with E-state index in [9.17, 15) is 14.7 Å². The van der Waals surface area contributed by atoms with Crippen molar-refractivity contribution in [2.45, 2.75) is 68.8 Å². The van der Waals surface area contributed by atoms with Crippen LogP contribution in [0.5, 0.6) is 0 Å². The monoisotopic (exact) mass is 422 g/mol. The molecule has 7 unspecified atom stereocenters. The minimum atomic E-state index is -1.59. The lowest BCUT2D eigenvalue weighted by atomic mass is 9.53. The Kier molecular flexibility index (Phi) is 3.37. The van der Waals surface area contributed by atoms with Gasteiger partial charge in [-0.15, -0.1) is 0 Å². The van der Waals surface area contributed by atoms with E-state index in [1.54, 1.807) is 6.92 Å². The predicted molar refractivity (Wildman–Crippen MR) is 96.6 cm³/mol. The molecule has 4 saturated heterocycles. The zero-order chi connectivity index (χ0) is 21.4. The minimum Gasteiger partial charge on any atom is -0.459 e. The molecular formula is C21H26O9. The zero-order valence-electron chi connectivity index (χ0n) is 17.4. The summed E-state index contributed by atoms with van der Waals surface area (Å²) >= 11 is 0. The molecule has 9 heteroatoms. The Morgan fingerprint density at radius 1 is 1.23 bits per heavy atom. The molecule has 2 aliphatic carbocycles. The van der Waals surface area contributed by atoms with E-state index in [0.717, 1.165) is 5.57 Å². The minimum absolute atomic E-state index is 0.230. The fourth-order valence-electron chi connectivity index (χ4n) is 8.43. The van der Waals surface area contributed by atoms with Crippen molar-refractivity contribution in [2.75, 3.05) is 14.2 Å². The van der Waals surface area contributed by atoms with E-state index in [-0.39, 0.29) is 5.92 Å². The lowest BCUT2D eigenvalue weighted by Crippen LogP contribution is -2.67. The second kappa shape index (κ2) is 5.27. The highest BCUT2D eigenvalue weighted by Gasteiger charge is 3.01. The van der Waals surface area contributed by atoms with Crippen molar-refractivity contribution >= 4 is 11.9 Å². The molecule has 2 saturated carbocycles. The lowest BCUT2D eigenvalue weighted by molar-refractivity contribution is -0.244. The molecule has 11 atom stereocenters. The standard InChI is InChI=1S/C21H26O9/c1-8(2)10-6-11-18-7-12-20(26-5,9(3)14(22)27-12)21(18,16(24)28-11)30-17-19(10,18)13(25-4)15(23)29-17/h9-14,17,22H,1,6-7H2,2-5H3/t9-,10+,11?,12?,13+,14?,17?,18?,19?,20-,21?/m1/s1. The van der Waals surface area contributed by atoms with Gasteiger partial charge in [0.15, 0.2) is 12.4 Å². The van der Waals surface area contributed by atoms with E-state index in [0.29, 0.717) is 12.8 Å². The Hall–Kier alpha value is -1.52. The zero-order valence-corrected chi connectivity index (χ0v) is 17.4. The highest BCUT2D eigenvalue weighted by atomic mass is 16.8. The summed E-state index contributed by atoms with van der Waals surface area (Å²) in [7, 11) is 2.96. The van der Waals surface area contributed by atoms with Gasteiger partial charge < -0.3 is 33.5 Å². The molecule has 0 aromatic carbocycles. The van der Waals surface area contributed by atoms with E-state index < -0.39 is 70.8 Å². The average molecular weight is 422 g/mol. The molecule has 0 aromatic heterocycles. The van der Waals surface area contributed by atoms with E-state index in [2.05, 4.69) is 6.58 Å². The molecule has 0 radical (unpaired) electrons. The Bertz CT molecular complexity index is 888. The molecule has 30 heavy (non-hydrogen) atoms. The molecule has 4 aliphatic heterocycles. The van der Waals surface area contributed by atoms with Gasteiger partial charge in [0.25, 0.3) is 0 Å². The maximum atomic E-state index is 13.6. The number of rotatable bonds is 3. The second-order valence-corrected chi connectivity index (χ2v) is 9.62. The number of aliphatic hydroxyl groups is 1. The van der Waals surface area contributed by atoms with Gasteiger partial charge in [0.1, 0.15) is 11.7 Å². The lowest BCUT2D eigenvalue weighted by Gasteiger charge is -2.46. The Labute approximate surface area is 173 Å². The molecule has 2 spiro atoms. The van der Waals surface area contributed by atoms with Crippen LogP contribution in [-0.4, -0.2) is 73.4 Å². The van der Waals surface area contributed by atoms with Gasteiger partial charge in [0, 0.05) is 20.1 Å². The van der Waals surface area contributed by atoms with Crippen LogP contribution in [0.1, 0.15) is 26.7 Å². The number of ether oxygens (including phenoxy) is 6. The number of esters is 2. The molecule has 0 amide bonds. The molecule has 164 valence electrons. The van der Waals surface area contributed by atoms with Crippen LogP contribution in [-0.2, 0) is 38.0 Å². The van der Waals surface area contributed by atoms with Crippen LogP contribution < -0.4 is 0 Å². The first-order valence-electron chi connectivity index (χ1n) is 10.4. The smallest absolute Gasteiger partial charge is 0.342 e. The van der Waals surface area contributed by atoms with E-state index >= 15 is 0 Å². The van der Waals surface area contributed by atoms with Crippen LogP contribution in [0.4, 0.5) is 0 Å². The SMILES string of the molecule is C=C(C)[C@@H]1CC2OC(=O)C34OC5OC(=O)[C@H](OC)C51C23CC1OC(O)[C@@H](C)[C@@]14OC. The molecule has 4 heterocycles. The van der Waals surface area contributed by atoms with Crippen LogP contribution in [0.3, 0.4) is 0 Å². The molecule has 6 fully saturated rings. The van der Waals surface area contributed by atoms with Crippen LogP contribution in [0.2, 0.25) is 0 Å². The number of fused-ring (bicyclic) bond motifs is 1. The largest absolute Gasteiger partial charge is 0.459 e. The number of allylic oxidation sites excluding steroid dienone is 1. The normalized spacial score (nSPS) is 59.6. The molecule has 9 nitrogen and oxygen atoms in total. The summed E-state index contributed by atoms with van der Waals surface area (Å²) in [5.41, 5.74) is -4.02. The van der Waals surface area contributed by atoms with Crippen molar-refractivity contribution in [3.8, 4) is 0 Å². The first-order valence-corrected chi connectivity index (χ1v) is 10.4. The quantitative estimate of drug-likeness (QED) is 0.507. The van der Waals surface area contributed by atoms with Crippen LogP contribution in [0.15, 0.2) is 12.2 Å². The number of carbonyl (C=O) groups is 2. The third kappa shape index (κ3) is 1.41. The average Bonchev–Trinajstić information content (AvgIpc) is 3.39. The van der Waals surface area contributed by atoms with Gasteiger partial charge >= 0.3 is 11.9 Å². The van der Waals surface area contributed by atoms with E-state index in [4.69, 9.17) is 28.4 Å². The van der Waals surface area contributed by atoms with Crippen molar-refractivity contribution < 1.29 is 43.1 Å². The van der Waals surface area contributed by atoms with Gasteiger partial charge in [-0.25, -0.2) is 9.59 Å². The Morgan fingerprint density at radius 2 is 1.97 bits per heavy atom. The van der Waals surface area contributed by atoms with Gasteiger partial charge in [-0.05, 0) is 25.7 Å². The van der Waals surface area contributed by atoms with Crippen LogP contribution in [0.25, 0.3) is 0 Å². The first-order chi connectivity index (χ1) is 14.2. The summed E-state index contributed by atoms with van der Waals surface area (Å²) in [6, 6.07) is 0. The number of carbonyl (C=O) groups excluding carboxylic acids is 2. The fraction of sp³-hybridized carbons (Fsp3) is 0.810. The maximum absolute atomic E-state index is 13.6. The second-order valence-electron chi connectivity index (χ2n) is 9.62. The molecule has 0 bridgehead atoms. The molecule has 0 aromatic rings. The summed E-state index contributed by atoms with van der Waals surface area (Å²) in [4.78, 5) is 26.5. The highest BCUT2D eigenvalue weighted by molar-refractivity contribution is 5.91. The van der Waals surface area contributed by atoms with Gasteiger partial charge in [0.2, 0.25) is 11.9 Å². The molecule has 1 N–H and O–H groups in total. The van der Waals surface area contributed by atoms with Crippen molar-refractivity contribution in [3.05, 3.63) is 12.2 Å². The summed E-state index contributed by atoms with van der Waals surface area (Å²) in [6.45, 7) is 7.85. The van der Waals surface area contributed by atoms with Crippen molar-refractivity contribution in [3.63, 3.8) is 0 Å². The van der Waals surface area contributed by atoms with Crippen molar-refractivity contribution in [1.29, 1.82) is 0 Å². The summed E-state index contributed by atoms with van der Waals surface area (Å²) in [6.07, 6.45) is -3.41. The summed E-state index contributed by atoms with van der Waals surface area (Å²) in [5, 5.41) is 10.5. The van der Waals surface area contributed by atoms with Crippen molar-refractivity contribution in [1.82, 2.24) is 0 Å². The summed E-state index contributed by atoms with van der Waals surface area (Å²) in [5.74, 6) is -1.88. The van der Waals surface area contributed by atoms with Gasteiger partial charge in [-0.3, -0.25) is 0 Å². The number of methoxy groups -OCH3 is 2. The third-order valence-electron chi connectivity index (χ3n) is 9.17.